The molecule has 1 aromatic carbocycles. The van der Waals surface area contributed by atoms with E-state index in [9.17, 15) is 0 Å². The van der Waals surface area contributed by atoms with Crippen LogP contribution in [0.2, 0.25) is 0 Å². The van der Waals surface area contributed by atoms with Crippen molar-refractivity contribution >= 4 is 22.0 Å². The number of halogens is 1. The molecule has 0 spiro atoms. The van der Waals surface area contributed by atoms with Gasteiger partial charge >= 0.3 is 0 Å². The fraction of sp³-hybridized carbons (Fsp3) is 0.385. The van der Waals surface area contributed by atoms with Crippen LogP contribution in [0.3, 0.4) is 0 Å². The third kappa shape index (κ3) is 4.10. The van der Waals surface area contributed by atoms with Crippen LogP contribution in [0.5, 0.6) is 0 Å². The summed E-state index contributed by atoms with van der Waals surface area (Å²) in [6.07, 6.45) is 9.57. The number of rotatable bonds is 5. The molecular formula is C13H17Br. The quantitative estimate of drug-likeness (QED) is 0.644. The molecule has 0 fully saturated rings. The van der Waals surface area contributed by atoms with Crippen molar-refractivity contribution in [2.75, 3.05) is 0 Å². The molecule has 0 aliphatic carbocycles. The van der Waals surface area contributed by atoms with Gasteiger partial charge in [0, 0.05) is 4.47 Å². The molecule has 0 aliphatic rings. The first-order valence-corrected chi connectivity index (χ1v) is 6.05. The molecule has 0 amide bonds. The normalized spacial score (nSPS) is 11.0. The zero-order valence-corrected chi connectivity index (χ0v) is 10.3. The third-order valence-electron chi connectivity index (χ3n) is 2.18. The molecule has 0 unspecified atom stereocenters. The fourth-order valence-corrected chi connectivity index (χ4v) is 1.75. The summed E-state index contributed by atoms with van der Waals surface area (Å²) in [6, 6.07) is 8.31. The highest BCUT2D eigenvalue weighted by Gasteiger charge is 1.91. The van der Waals surface area contributed by atoms with Crippen LogP contribution in [0, 0.1) is 0 Å². The van der Waals surface area contributed by atoms with Crippen molar-refractivity contribution in [3.05, 3.63) is 40.4 Å². The highest BCUT2D eigenvalue weighted by Crippen LogP contribution is 2.17. The fourth-order valence-electron chi connectivity index (χ4n) is 1.33. The Bertz CT molecular complexity index is 289. The van der Waals surface area contributed by atoms with Gasteiger partial charge in [-0.3, -0.25) is 0 Å². The Balaban J connectivity index is 2.40. The lowest BCUT2D eigenvalue weighted by Crippen LogP contribution is -1.74. The van der Waals surface area contributed by atoms with E-state index in [1.54, 1.807) is 0 Å². The molecule has 0 aliphatic heterocycles. The number of unbranched alkanes of at least 4 members (excludes halogenated alkanes) is 3. The molecule has 76 valence electrons. The Morgan fingerprint density at radius 2 is 2.00 bits per heavy atom. The van der Waals surface area contributed by atoms with Crippen molar-refractivity contribution in [1.82, 2.24) is 0 Å². The molecular weight excluding hydrogens is 236 g/mol. The lowest BCUT2D eigenvalue weighted by molar-refractivity contribution is 0.730. The number of benzene rings is 1. The maximum Gasteiger partial charge on any atom is 0.0247 e. The molecule has 1 rings (SSSR count). The summed E-state index contributed by atoms with van der Waals surface area (Å²) >= 11 is 3.53. The van der Waals surface area contributed by atoms with Gasteiger partial charge in [0.05, 0.1) is 0 Å². The molecule has 0 saturated heterocycles. The minimum Gasteiger partial charge on any atom is -0.0839 e. The molecule has 1 aromatic rings. The van der Waals surface area contributed by atoms with Crippen LogP contribution in [0.4, 0.5) is 0 Å². The predicted molar refractivity (Wildman–Crippen MR) is 67.3 cm³/mol. The van der Waals surface area contributed by atoms with Crippen molar-refractivity contribution in [3.8, 4) is 0 Å². The molecule has 0 N–H and O–H groups in total. The summed E-state index contributed by atoms with van der Waals surface area (Å²) in [5, 5.41) is 0. The van der Waals surface area contributed by atoms with Crippen molar-refractivity contribution in [1.29, 1.82) is 0 Å². The largest absolute Gasteiger partial charge is 0.0839 e. The molecule has 0 radical (unpaired) electrons. The highest BCUT2D eigenvalue weighted by atomic mass is 79.9. The summed E-state index contributed by atoms with van der Waals surface area (Å²) in [4.78, 5) is 0. The van der Waals surface area contributed by atoms with E-state index in [0.717, 1.165) is 0 Å². The van der Waals surface area contributed by atoms with Gasteiger partial charge in [0.2, 0.25) is 0 Å². The van der Waals surface area contributed by atoms with Gasteiger partial charge in [-0.25, -0.2) is 0 Å². The Morgan fingerprint density at radius 1 is 1.21 bits per heavy atom. The summed E-state index contributed by atoms with van der Waals surface area (Å²) in [6.45, 7) is 2.23. The maximum atomic E-state index is 3.53. The third-order valence-corrected chi connectivity index (χ3v) is 2.90. The second kappa shape index (κ2) is 6.83. The van der Waals surface area contributed by atoms with E-state index >= 15 is 0 Å². The van der Waals surface area contributed by atoms with Gasteiger partial charge in [-0.15, -0.1) is 0 Å². The maximum absolute atomic E-state index is 3.53. The number of allylic oxidation sites excluding steroid dienone is 1. The number of hydrogen-bond donors (Lipinski definition) is 0. The Hall–Kier alpha value is -0.560. The molecule has 0 aromatic heterocycles. The molecule has 0 heterocycles. The summed E-state index contributed by atoms with van der Waals surface area (Å²) < 4.78 is 1.17. The SMILES string of the molecule is CCCCCC=Cc1ccccc1Br. The Kier molecular flexibility index (Phi) is 5.62. The molecule has 1 heteroatoms. The second-order valence-corrected chi connectivity index (χ2v) is 4.27. The topological polar surface area (TPSA) is 0 Å². The summed E-state index contributed by atoms with van der Waals surface area (Å²) in [7, 11) is 0. The van der Waals surface area contributed by atoms with Crippen molar-refractivity contribution in [2.24, 2.45) is 0 Å². The van der Waals surface area contributed by atoms with Gasteiger partial charge < -0.3 is 0 Å². The first-order chi connectivity index (χ1) is 6.84. The molecule has 14 heavy (non-hydrogen) atoms. The molecule has 0 bridgehead atoms. The van der Waals surface area contributed by atoms with Gasteiger partial charge in [-0.05, 0) is 24.5 Å². The van der Waals surface area contributed by atoms with Crippen molar-refractivity contribution < 1.29 is 0 Å². The van der Waals surface area contributed by atoms with Crippen molar-refractivity contribution in [3.63, 3.8) is 0 Å². The summed E-state index contributed by atoms with van der Waals surface area (Å²) in [5.74, 6) is 0. The van der Waals surface area contributed by atoms with Crippen molar-refractivity contribution in [2.45, 2.75) is 32.6 Å². The molecule has 0 atom stereocenters. The van der Waals surface area contributed by atoms with E-state index in [1.165, 1.54) is 35.7 Å². The second-order valence-electron chi connectivity index (χ2n) is 3.42. The molecule has 0 nitrogen and oxygen atoms in total. The summed E-state index contributed by atoms with van der Waals surface area (Å²) in [5.41, 5.74) is 1.27. The average Bonchev–Trinajstić information content (AvgIpc) is 2.20. The standard InChI is InChI=1S/C13H17Br/c1-2-3-4-5-6-9-12-10-7-8-11-13(12)14/h6-11H,2-5H2,1H3. The molecule has 0 saturated carbocycles. The van der Waals surface area contributed by atoms with E-state index < -0.39 is 0 Å². The van der Waals surface area contributed by atoms with Gasteiger partial charge in [0.1, 0.15) is 0 Å². The van der Waals surface area contributed by atoms with Crippen LogP contribution < -0.4 is 0 Å². The minimum absolute atomic E-state index is 1.17. The van der Waals surface area contributed by atoms with E-state index in [0.29, 0.717) is 0 Å². The van der Waals surface area contributed by atoms with Crippen LogP contribution in [0.1, 0.15) is 38.2 Å². The zero-order valence-electron chi connectivity index (χ0n) is 8.67. The number of hydrogen-bond acceptors (Lipinski definition) is 0. The van der Waals surface area contributed by atoms with Gasteiger partial charge in [0.25, 0.3) is 0 Å². The Labute approximate surface area is 95.2 Å². The van der Waals surface area contributed by atoms with E-state index in [1.807, 2.05) is 6.07 Å². The van der Waals surface area contributed by atoms with Crippen LogP contribution in [-0.2, 0) is 0 Å². The lowest BCUT2D eigenvalue weighted by Gasteiger charge is -1.96. The van der Waals surface area contributed by atoms with Gasteiger partial charge in [-0.2, -0.15) is 0 Å². The van der Waals surface area contributed by atoms with Crippen LogP contribution in [-0.4, -0.2) is 0 Å². The van der Waals surface area contributed by atoms with E-state index in [-0.39, 0.29) is 0 Å². The first kappa shape index (κ1) is 11.5. The van der Waals surface area contributed by atoms with E-state index in [2.05, 4.69) is 53.2 Å². The smallest absolute Gasteiger partial charge is 0.0247 e. The monoisotopic (exact) mass is 252 g/mol. The van der Waals surface area contributed by atoms with Crippen LogP contribution in [0.15, 0.2) is 34.8 Å². The highest BCUT2D eigenvalue weighted by molar-refractivity contribution is 9.10. The van der Waals surface area contributed by atoms with Crippen LogP contribution >= 0.6 is 15.9 Å². The predicted octanol–water partition coefficient (Wildman–Crippen LogP) is 5.04. The van der Waals surface area contributed by atoms with Gasteiger partial charge in [0.15, 0.2) is 0 Å². The lowest BCUT2D eigenvalue weighted by atomic mass is 10.1. The first-order valence-electron chi connectivity index (χ1n) is 5.25. The zero-order chi connectivity index (χ0) is 10.2. The van der Waals surface area contributed by atoms with E-state index in [4.69, 9.17) is 0 Å². The van der Waals surface area contributed by atoms with Gasteiger partial charge in [-0.1, -0.05) is 66.0 Å². The van der Waals surface area contributed by atoms with Crippen LogP contribution in [0.25, 0.3) is 6.08 Å². The minimum atomic E-state index is 1.17. The Morgan fingerprint density at radius 3 is 2.71 bits per heavy atom. The average molecular weight is 253 g/mol.